The molecular weight excluding hydrogens is 206 g/mol. The second-order valence-electron chi connectivity index (χ2n) is 3.96. The van der Waals surface area contributed by atoms with Crippen molar-refractivity contribution in [2.75, 3.05) is 13.1 Å². The molecular formula is C10H15N5O. The third-order valence-electron chi connectivity index (χ3n) is 3.00. The number of tetrazole rings is 1. The molecule has 1 aromatic heterocycles. The van der Waals surface area contributed by atoms with Crippen molar-refractivity contribution in [2.24, 2.45) is 7.05 Å². The van der Waals surface area contributed by atoms with Crippen LogP contribution >= 0.6 is 0 Å². The van der Waals surface area contributed by atoms with Crippen molar-refractivity contribution in [3.8, 4) is 0 Å². The van der Waals surface area contributed by atoms with Gasteiger partial charge in [0.15, 0.2) is 5.82 Å². The van der Waals surface area contributed by atoms with E-state index in [1.54, 1.807) is 4.68 Å². The van der Waals surface area contributed by atoms with Crippen LogP contribution in [0.1, 0.15) is 24.6 Å². The van der Waals surface area contributed by atoms with Crippen molar-refractivity contribution in [3.63, 3.8) is 0 Å². The minimum absolute atomic E-state index is 0.00883. The van der Waals surface area contributed by atoms with Crippen molar-refractivity contribution in [1.82, 2.24) is 25.1 Å². The molecule has 1 aromatic rings. The highest BCUT2D eigenvalue weighted by atomic mass is 16.2. The fraction of sp³-hybridized carbons (Fsp3) is 0.600. The molecule has 0 aromatic carbocycles. The van der Waals surface area contributed by atoms with Crippen LogP contribution in [-0.2, 0) is 11.8 Å². The van der Waals surface area contributed by atoms with Gasteiger partial charge in [-0.1, -0.05) is 6.58 Å². The average Bonchev–Trinajstić information content (AvgIpc) is 2.75. The monoisotopic (exact) mass is 221 g/mol. The number of aryl methyl sites for hydroxylation is 1. The number of carbonyl (C=O) groups is 1. The molecule has 1 aliphatic rings. The predicted molar refractivity (Wildman–Crippen MR) is 57.6 cm³/mol. The Kier molecular flexibility index (Phi) is 2.98. The van der Waals surface area contributed by atoms with Crippen LogP contribution in [0.5, 0.6) is 0 Å². The van der Waals surface area contributed by atoms with Gasteiger partial charge >= 0.3 is 0 Å². The minimum Gasteiger partial charge on any atom is -0.339 e. The van der Waals surface area contributed by atoms with Gasteiger partial charge in [0, 0.05) is 26.1 Å². The molecule has 0 aliphatic carbocycles. The fourth-order valence-corrected chi connectivity index (χ4v) is 2.07. The highest BCUT2D eigenvalue weighted by Crippen LogP contribution is 2.25. The Morgan fingerprint density at radius 2 is 2.19 bits per heavy atom. The predicted octanol–water partition coefficient (Wildman–Crippen LogP) is 0.102. The van der Waals surface area contributed by atoms with Gasteiger partial charge in [0.2, 0.25) is 5.91 Å². The summed E-state index contributed by atoms with van der Waals surface area (Å²) >= 11 is 0. The van der Waals surface area contributed by atoms with Gasteiger partial charge < -0.3 is 4.90 Å². The average molecular weight is 221 g/mol. The SMILES string of the molecule is C=CC(=O)N1CCC(c2nnnn2C)CC1. The summed E-state index contributed by atoms with van der Waals surface area (Å²) < 4.78 is 1.70. The van der Waals surface area contributed by atoms with Crippen molar-refractivity contribution < 1.29 is 4.79 Å². The quantitative estimate of drug-likeness (QED) is 0.664. The molecule has 0 unspecified atom stereocenters. The number of aromatic nitrogens is 4. The summed E-state index contributed by atoms with van der Waals surface area (Å²) in [6, 6.07) is 0. The molecule has 0 radical (unpaired) electrons. The maximum absolute atomic E-state index is 11.4. The molecule has 6 nitrogen and oxygen atoms in total. The Balaban J connectivity index is 1.98. The summed E-state index contributed by atoms with van der Waals surface area (Å²) in [6.45, 7) is 5.00. The van der Waals surface area contributed by atoms with Crippen molar-refractivity contribution in [2.45, 2.75) is 18.8 Å². The van der Waals surface area contributed by atoms with E-state index in [0.29, 0.717) is 5.92 Å². The van der Waals surface area contributed by atoms with Crippen LogP contribution in [0.25, 0.3) is 0 Å². The first-order valence-corrected chi connectivity index (χ1v) is 5.36. The largest absolute Gasteiger partial charge is 0.339 e. The van der Waals surface area contributed by atoms with Crippen LogP contribution in [0.2, 0.25) is 0 Å². The van der Waals surface area contributed by atoms with Gasteiger partial charge in [0.25, 0.3) is 0 Å². The second kappa shape index (κ2) is 4.42. The molecule has 16 heavy (non-hydrogen) atoms. The van der Waals surface area contributed by atoms with Gasteiger partial charge in [0.1, 0.15) is 0 Å². The number of rotatable bonds is 2. The van der Waals surface area contributed by atoms with Gasteiger partial charge in [-0.3, -0.25) is 4.79 Å². The maximum atomic E-state index is 11.4. The van der Waals surface area contributed by atoms with Crippen LogP contribution < -0.4 is 0 Å². The van der Waals surface area contributed by atoms with Crippen molar-refractivity contribution in [1.29, 1.82) is 0 Å². The second-order valence-corrected chi connectivity index (χ2v) is 3.96. The molecule has 0 N–H and O–H groups in total. The van der Waals surface area contributed by atoms with Crippen molar-refractivity contribution >= 4 is 5.91 Å². The lowest BCUT2D eigenvalue weighted by Crippen LogP contribution is -2.37. The smallest absolute Gasteiger partial charge is 0.245 e. The molecule has 1 saturated heterocycles. The summed E-state index contributed by atoms with van der Waals surface area (Å²) in [5, 5.41) is 11.5. The number of nitrogens with zero attached hydrogens (tertiary/aromatic N) is 5. The van der Waals surface area contributed by atoms with Crippen LogP contribution in [0, 0.1) is 0 Å². The van der Waals surface area contributed by atoms with Gasteiger partial charge in [-0.25, -0.2) is 4.68 Å². The third kappa shape index (κ3) is 1.95. The number of hydrogen-bond acceptors (Lipinski definition) is 4. The summed E-state index contributed by atoms with van der Waals surface area (Å²) in [4.78, 5) is 13.2. The first-order chi connectivity index (χ1) is 7.72. The molecule has 1 fully saturated rings. The Hall–Kier alpha value is -1.72. The van der Waals surface area contributed by atoms with Gasteiger partial charge in [0.05, 0.1) is 0 Å². The van der Waals surface area contributed by atoms with E-state index in [1.165, 1.54) is 6.08 Å². The Labute approximate surface area is 93.9 Å². The van der Waals surface area contributed by atoms with Gasteiger partial charge in [-0.15, -0.1) is 5.10 Å². The molecule has 86 valence electrons. The van der Waals surface area contributed by atoms with E-state index < -0.39 is 0 Å². The summed E-state index contributed by atoms with van der Waals surface area (Å²) in [5.74, 6) is 1.27. The number of piperidine rings is 1. The topological polar surface area (TPSA) is 63.9 Å². The first kappa shape index (κ1) is 10.8. The lowest BCUT2D eigenvalue weighted by atomic mass is 9.96. The molecule has 0 atom stereocenters. The Bertz CT molecular complexity index is 392. The zero-order valence-electron chi connectivity index (χ0n) is 9.33. The maximum Gasteiger partial charge on any atom is 0.245 e. The minimum atomic E-state index is 0.00883. The van der Waals surface area contributed by atoms with Crippen molar-refractivity contribution in [3.05, 3.63) is 18.5 Å². The molecule has 1 amide bonds. The zero-order chi connectivity index (χ0) is 11.5. The van der Waals surface area contributed by atoms with E-state index in [4.69, 9.17) is 0 Å². The van der Waals surface area contributed by atoms with Gasteiger partial charge in [-0.2, -0.15) is 0 Å². The van der Waals surface area contributed by atoms with E-state index in [1.807, 2.05) is 11.9 Å². The highest BCUT2D eigenvalue weighted by Gasteiger charge is 2.25. The lowest BCUT2D eigenvalue weighted by molar-refractivity contribution is -0.127. The zero-order valence-corrected chi connectivity index (χ0v) is 9.33. The normalized spacial score (nSPS) is 17.4. The van der Waals surface area contributed by atoms with Crippen LogP contribution in [0.4, 0.5) is 0 Å². The van der Waals surface area contributed by atoms with E-state index in [2.05, 4.69) is 22.1 Å². The van der Waals surface area contributed by atoms with Crippen LogP contribution in [0.3, 0.4) is 0 Å². The molecule has 0 saturated carbocycles. The summed E-state index contributed by atoms with van der Waals surface area (Å²) in [7, 11) is 1.84. The number of carbonyl (C=O) groups excluding carboxylic acids is 1. The molecule has 0 bridgehead atoms. The fourth-order valence-electron chi connectivity index (χ4n) is 2.07. The third-order valence-corrected chi connectivity index (χ3v) is 3.00. The molecule has 1 aliphatic heterocycles. The summed E-state index contributed by atoms with van der Waals surface area (Å²) in [6.07, 6.45) is 3.19. The molecule has 2 heterocycles. The van der Waals surface area contributed by atoms with Gasteiger partial charge in [-0.05, 0) is 29.3 Å². The van der Waals surface area contributed by atoms with E-state index in [-0.39, 0.29) is 5.91 Å². The highest BCUT2D eigenvalue weighted by molar-refractivity contribution is 5.87. The van der Waals surface area contributed by atoms with Crippen LogP contribution in [-0.4, -0.2) is 44.1 Å². The van der Waals surface area contributed by atoms with E-state index in [0.717, 1.165) is 31.8 Å². The lowest BCUT2D eigenvalue weighted by Gasteiger charge is -2.30. The molecule has 6 heteroatoms. The first-order valence-electron chi connectivity index (χ1n) is 5.36. The van der Waals surface area contributed by atoms with Crippen LogP contribution in [0.15, 0.2) is 12.7 Å². The number of hydrogen-bond donors (Lipinski definition) is 0. The molecule has 2 rings (SSSR count). The summed E-state index contributed by atoms with van der Waals surface area (Å²) in [5.41, 5.74) is 0. The Morgan fingerprint density at radius 1 is 1.50 bits per heavy atom. The molecule has 0 spiro atoms. The number of likely N-dealkylation sites (tertiary alicyclic amines) is 1. The Morgan fingerprint density at radius 3 is 2.69 bits per heavy atom. The van der Waals surface area contributed by atoms with E-state index >= 15 is 0 Å². The van der Waals surface area contributed by atoms with E-state index in [9.17, 15) is 4.79 Å². The standard InChI is InChI=1S/C10H15N5O/c1-3-9(16)15-6-4-8(5-7-15)10-11-12-13-14(10)2/h3,8H,1,4-7H2,2H3. The number of amides is 1.